The van der Waals surface area contributed by atoms with Gasteiger partial charge in [-0.05, 0) is 25.5 Å². The average molecular weight is 255 g/mol. The molecule has 2 N–H and O–H groups in total. The molecule has 17 heavy (non-hydrogen) atoms. The van der Waals surface area contributed by atoms with Crippen molar-refractivity contribution in [3.05, 3.63) is 30.3 Å². The lowest BCUT2D eigenvalue weighted by Crippen LogP contribution is -2.35. The van der Waals surface area contributed by atoms with Gasteiger partial charge in [0.15, 0.2) is 9.84 Å². The molecule has 94 valence electrons. The molecule has 0 aliphatic heterocycles. The molecular weight excluding hydrogens is 238 g/mol. The van der Waals surface area contributed by atoms with E-state index in [9.17, 15) is 8.42 Å². The Labute approximate surface area is 102 Å². The third-order valence-electron chi connectivity index (χ3n) is 3.07. The molecule has 0 saturated heterocycles. The molecule has 2 atom stereocenters. The standard InChI is InChI=1S/C12H17NO3S/c1-2-16-9-12(13)8-11(12)17(14,15)10-6-4-3-5-7-10/h3-7,11H,2,8-9,13H2,1H3/t11-,12+/m1/s1. The molecule has 4 nitrogen and oxygen atoms in total. The summed E-state index contributed by atoms with van der Waals surface area (Å²) in [6.45, 7) is 2.73. The summed E-state index contributed by atoms with van der Waals surface area (Å²) in [6.07, 6.45) is 0.476. The number of benzene rings is 1. The molecule has 0 amide bonds. The summed E-state index contributed by atoms with van der Waals surface area (Å²) in [6, 6.07) is 8.44. The Hall–Kier alpha value is -0.910. The highest BCUT2D eigenvalue weighted by molar-refractivity contribution is 7.92. The van der Waals surface area contributed by atoms with E-state index in [0.717, 1.165) is 0 Å². The Kier molecular flexibility index (Phi) is 3.25. The minimum Gasteiger partial charge on any atom is -0.380 e. The number of hydrogen-bond donors (Lipinski definition) is 1. The van der Waals surface area contributed by atoms with Gasteiger partial charge in [0.2, 0.25) is 0 Å². The summed E-state index contributed by atoms with van der Waals surface area (Å²) in [4.78, 5) is 0.342. The van der Waals surface area contributed by atoms with Gasteiger partial charge in [-0.25, -0.2) is 8.42 Å². The monoisotopic (exact) mass is 255 g/mol. The first-order valence-corrected chi connectivity index (χ1v) is 7.21. The molecule has 0 radical (unpaired) electrons. The lowest BCUT2D eigenvalue weighted by Gasteiger charge is -2.11. The molecule has 2 rings (SSSR count). The summed E-state index contributed by atoms with van der Waals surface area (Å²) in [5.41, 5.74) is 5.29. The quantitative estimate of drug-likeness (QED) is 0.851. The van der Waals surface area contributed by atoms with Crippen LogP contribution in [0.3, 0.4) is 0 Å². The van der Waals surface area contributed by atoms with Crippen LogP contribution in [0.4, 0.5) is 0 Å². The minimum absolute atomic E-state index is 0.306. The Morgan fingerprint density at radius 2 is 2.06 bits per heavy atom. The first-order chi connectivity index (χ1) is 8.00. The third kappa shape index (κ3) is 2.36. The summed E-state index contributed by atoms with van der Waals surface area (Å²) in [5, 5.41) is -0.510. The van der Waals surface area contributed by atoms with E-state index in [1.807, 2.05) is 6.92 Å². The van der Waals surface area contributed by atoms with Crippen molar-refractivity contribution in [1.82, 2.24) is 0 Å². The highest BCUT2D eigenvalue weighted by Crippen LogP contribution is 2.42. The molecule has 1 saturated carbocycles. The van der Waals surface area contributed by atoms with Crippen LogP contribution in [0.2, 0.25) is 0 Å². The number of sulfone groups is 1. The van der Waals surface area contributed by atoms with Crippen LogP contribution >= 0.6 is 0 Å². The van der Waals surface area contributed by atoms with E-state index in [1.54, 1.807) is 30.3 Å². The van der Waals surface area contributed by atoms with Crippen molar-refractivity contribution >= 4 is 9.84 Å². The highest BCUT2D eigenvalue weighted by atomic mass is 32.2. The fraction of sp³-hybridized carbons (Fsp3) is 0.500. The molecule has 0 bridgehead atoms. The molecule has 0 unspecified atom stereocenters. The molecule has 0 aromatic heterocycles. The molecule has 0 spiro atoms. The van der Waals surface area contributed by atoms with Crippen LogP contribution in [0.1, 0.15) is 13.3 Å². The van der Waals surface area contributed by atoms with Gasteiger partial charge in [-0.15, -0.1) is 0 Å². The number of hydrogen-bond acceptors (Lipinski definition) is 4. The Morgan fingerprint density at radius 1 is 1.41 bits per heavy atom. The SMILES string of the molecule is CCOC[C@@]1(N)C[C@H]1S(=O)(=O)c1ccccc1. The van der Waals surface area contributed by atoms with E-state index in [4.69, 9.17) is 10.5 Å². The van der Waals surface area contributed by atoms with Crippen LogP contribution in [0.5, 0.6) is 0 Å². The van der Waals surface area contributed by atoms with E-state index in [2.05, 4.69) is 0 Å². The van der Waals surface area contributed by atoms with Crippen LogP contribution in [-0.2, 0) is 14.6 Å². The van der Waals surface area contributed by atoms with E-state index in [1.165, 1.54) is 0 Å². The molecule has 1 aromatic carbocycles. The van der Waals surface area contributed by atoms with Gasteiger partial charge in [0.1, 0.15) is 0 Å². The van der Waals surface area contributed by atoms with Crippen molar-refractivity contribution in [3.63, 3.8) is 0 Å². The predicted molar refractivity (Wildman–Crippen MR) is 65.4 cm³/mol. The highest BCUT2D eigenvalue weighted by Gasteiger charge is 2.59. The number of ether oxygens (including phenoxy) is 1. The number of rotatable bonds is 5. The van der Waals surface area contributed by atoms with Gasteiger partial charge >= 0.3 is 0 Å². The van der Waals surface area contributed by atoms with Gasteiger partial charge in [-0.2, -0.15) is 0 Å². The Morgan fingerprint density at radius 3 is 2.65 bits per heavy atom. The molecule has 1 aromatic rings. The maximum absolute atomic E-state index is 12.2. The summed E-state index contributed by atoms with van der Waals surface area (Å²) in [7, 11) is -3.31. The smallest absolute Gasteiger partial charge is 0.183 e. The largest absolute Gasteiger partial charge is 0.380 e. The van der Waals surface area contributed by atoms with Gasteiger partial charge in [-0.1, -0.05) is 18.2 Å². The molecule has 1 aliphatic carbocycles. The van der Waals surface area contributed by atoms with Crippen molar-refractivity contribution in [2.45, 2.75) is 29.0 Å². The average Bonchev–Trinajstić information content (AvgIpc) is 3.02. The summed E-state index contributed by atoms with van der Waals surface area (Å²) < 4.78 is 29.7. The lowest BCUT2D eigenvalue weighted by molar-refractivity contribution is 0.127. The first-order valence-electron chi connectivity index (χ1n) is 5.66. The second-order valence-electron chi connectivity index (χ2n) is 4.42. The predicted octanol–water partition coefficient (Wildman–Crippen LogP) is 0.967. The first kappa shape index (κ1) is 12.5. The van der Waals surface area contributed by atoms with Gasteiger partial charge in [0.25, 0.3) is 0 Å². The fourth-order valence-corrected chi connectivity index (χ4v) is 4.00. The summed E-state index contributed by atoms with van der Waals surface area (Å²) in [5.74, 6) is 0. The van der Waals surface area contributed by atoms with Crippen LogP contribution in [0.25, 0.3) is 0 Å². The zero-order valence-electron chi connectivity index (χ0n) is 9.80. The van der Waals surface area contributed by atoms with E-state index in [-0.39, 0.29) is 0 Å². The molecular formula is C12H17NO3S. The van der Waals surface area contributed by atoms with Gasteiger partial charge in [-0.3, -0.25) is 0 Å². The van der Waals surface area contributed by atoms with Crippen molar-refractivity contribution in [1.29, 1.82) is 0 Å². The normalized spacial score (nSPS) is 28.0. The van der Waals surface area contributed by atoms with E-state index < -0.39 is 20.6 Å². The van der Waals surface area contributed by atoms with Crippen molar-refractivity contribution in [2.75, 3.05) is 13.2 Å². The van der Waals surface area contributed by atoms with Crippen molar-refractivity contribution < 1.29 is 13.2 Å². The van der Waals surface area contributed by atoms with Crippen LogP contribution in [-0.4, -0.2) is 32.4 Å². The van der Waals surface area contributed by atoms with Gasteiger partial charge < -0.3 is 10.5 Å². The zero-order chi connectivity index (χ0) is 12.5. The van der Waals surface area contributed by atoms with Crippen LogP contribution < -0.4 is 5.73 Å². The summed E-state index contributed by atoms with van der Waals surface area (Å²) >= 11 is 0. The topological polar surface area (TPSA) is 69.4 Å². The van der Waals surface area contributed by atoms with Crippen LogP contribution in [0.15, 0.2) is 35.2 Å². The maximum Gasteiger partial charge on any atom is 0.183 e. The molecule has 5 heteroatoms. The minimum atomic E-state index is -3.31. The fourth-order valence-electron chi connectivity index (χ4n) is 1.92. The van der Waals surface area contributed by atoms with E-state index >= 15 is 0 Å². The third-order valence-corrected chi connectivity index (χ3v) is 5.38. The Balaban J connectivity index is 2.15. The maximum atomic E-state index is 12.2. The van der Waals surface area contributed by atoms with Crippen LogP contribution in [0, 0.1) is 0 Å². The lowest BCUT2D eigenvalue weighted by atomic mass is 10.3. The molecule has 0 heterocycles. The molecule has 1 fully saturated rings. The van der Waals surface area contributed by atoms with Crippen molar-refractivity contribution in [2.24, 2.45) is 5.73 Å². The second-order valence-corrected chi connectivity index (χ2v) is 6.55. The molecule has 1 aliphatic rings. The zero-order valence-corrected chi connectivity index (χ0v) is 10.6. The Bertz CT molecular complexity index is 486. The van der Waals surface area contributed by atoms with Gasteiger partial charge in [0.05, 0.1) is 22.3 Å². The second kappa shape index (κ2) is 4.40. The van der Waals surface area contributed by atoms with Gasteiger partial charge in [0, 0.05) is 6.61 Å². The number of nitrogens with two attached hydrogens (primary N) is 1. The van der Waals surface area contributed by atoms with Crippen molar-refractivity contribution in [3.8, 4) is 0 Å². The van der Waals surface area contributed by atoms with E-state index in [0.29, 0.717) is 24.5 Å².